The highest BCUT2D eigenvalue weighted by atomic mass is 35.5. The molecule has 2 atom stereocenters. The highest BCUT2D eigenvalue weighted by molar-refractivity contribution is 6.32. The molecular formula is C52H52Cl2N8O10. The van der Waals surface area contributed by atoms with E-state index in [9.17, 15) is 30.0 Å². The first kappa shape index (κ1) is 51.0. The van der Waals surface area contributed by atoms with E-state index in [2.05, 4.69) is 30.8 Å². The molecule has 4 aromatic heterocycles. The number of benzene rings is 4. The van der Waals surface area contributed by atoms with Gasteiger partial charge in [0.2, 0.25) is 0 Å². The van der Waals surface area contributed by atoms with Crippen molar-refractivity contribution in [1.29, 1.82) is 0 Å². The Morgan fingerprint density at radius 2 is 0.986 bits per heavy atom. The zero-order valence-corrected chi connectivity index (χ0v) is 40.8. The van der Waals surface area contributed by atoms with Crippen molar-refractivity contribution < 1.29 is 49.0 Å². The molecule has 0 bridgehead atoms. The lowest BCUT2D eigenvalue weighted by atomic mass is 9.92. The van der Waals surface area contributed by atoms with Crippen LogP contribution in [-0.4, -0.2) is 86.9 Å². The Balaban J connectivity index is 0.990. The van der Waals surface area contributed by atoms with E-state index in [4.69, 9.17) is 42.1 Å². The molecular weight excluding hydrogens is 968 g/mol. The van der Waals surface area contributed by atoms with E-state index in [0.29, 0.717) is 55.5 Å². The van der Waals surface area contributed by atoms with Gasteiger partial charge < -0.3 is 50.0 Å². The number of hydrogen-bond acceptors (Lipinski definition) is 14. The normalized spacial score (nSPS) is 12.2. The summed E-state index contributed by atoms with van der Waals surface area (Å²) >= 11 is 13.7. The molecule has 0 saturated carbocycles. The topological polar surface area (TPSA) is 236 Å². The molecule has 4 heterocycles. The zero-order valence-electron chi connectivity index (χ0n) is 39.3. The fourth-order valence-corrected chi connectivity index (χ4v) is 8.54. The molecule has 0 radical (unpaired) electrons. The molecule has 8 rings (SSSR count). The third kappa shape index (κ3) is 12.4. The maximum atomic E-state index is 11.9. The Labute approximate surface area is 423 Å². The highest BCUT2D eigenvalue weighted by Gasteiger charge is 2.21. The monoisotopic (exact) mass is 1020 g/mol. The zero-order chi connectivity index (χ0) is 50.7. The van der Waals surface area contributed by atoms with Crippen molar-refractivity contribution in [2.24, 2.45) is 0 Å². The summed E-state index contributed by atoms with van der Waals surface area (Å²) in [4.78, 5) is 32.1. The number of halogens is 2. The second-order valence-corrected chi connectivity index (χ2v) is 17.7. The molecule has 4 aromatic carbocycles. The highest BCUT2D eigenvalue weighted by Crippen LogP contribution is 2.37. The van der Waals surface area contributed by atoms with Crippen LogP contribution in [0.1, 0.15) is 57.3 Å². The molecule has 0 aliphatic rings. The van der Waals surface area contributed by atoms with E-state index in [1.54, 1.807) is 33.3 Å². The standard InChI is InChI=1S/C52H52Cl2N8O10/c1-31-35(27-71-47-19-45(69-25-33-9-11-49-57-29-59-61(49)23-33)37(17-41(47)53)21-55-43(13-15-63)51(65)66)5-3-7-39(31)40-8-4-6-36(32(40)2)28-72-48-20-46(70-26-34-10-12-50-58-30-60-62(50)24-34)38(18-42(48)54)22-56-44(14-16-64)52(67)68/h3-12,17-20,23-24,29-30,43-44,55-56,63-64H,13-16,21-22,25-28H2,1-2H3,(H,65,66)(H,67,68). The number of ether oxygens (including phenoxy) is 4. The minimum absolute atomic E-state index is 0.0205. The summed E-state index contributed by atoms with van der Waals surface area (Å²) in [6.07, 6.45) is 6.59. The molecule has 0 saturated heterocycles. The van der Waals surface area contributed by atoms with Crippen LogP contribution >= 0.6 is 23.2 Å². The van der Waals surface area contributed by atoms with Crippen LogP contribution in [0.5, 0.6) is 23.0 Å². The average Bonchev–Trinajstić information content (AvgIpc) is 4.05. The Bertz CT molecular complexity index is 2990. The van der Waals surface area contributed by atoms with Gasteiger partial charge in [-0.1, -0.05) is 71.7 Å². The summed E-state index contributed by atoms with van der Waals surface area (Å²) in [5.41, 5.74) is 9.97. The van der Waals surface area contributed by atoms with Crippen LogP contribution in [-0.2, 0) is 49.1 Å². The molecule has 18 nitrogen and oxygen atoms in total. The lowest BCUT2D eigenvalue weighted by Gasteiger charge is -2.20. The fraction of sp³-hybridized carbons (Fsp3) is 0.269. The first-order chi connectivity index (χ1) is 34.9. The number of pyridine rings is 2. The van der Waals surface area contributed by atoms with E-state index in [0.717, 1.165) is 44.5 Å². The van der Waals surface area contributed by atoms with Crippen LogP contribution in [0.4, 0.5) is 0 Å². The Hall–Kier alpha value is -7.32. The molecule has 6 N–H and O–H groups in total. The van der Waals surface area contributed by atoms with Gasteiger partial charge in [0.25, 0.3) is 0 Å². The first-order valence-corrected chi connectivity index (χ1v) is 23.7. The molecule has 2 unspecified atom stereocenters. The van der Waals surface area contributed by atoms with E-state index in [1.165, 1.54) is 12.7 Å². The van der Waals surface area contributed by atoms with Crippen molar-refractivity contribution in [3.8, 4) is 34.1 Å². The summed E-state index contributed by atoms with van der Waals surface area (Å²) in [6, 6.07) is 24.2. The number of aliphatic hydroxyl groups is 2. The van der Waals surface area contributed by atoms with Gasteiger partial charge in [-0.05, 0) is 84.3 Å². The number of rotatable bonds is 25. The van der Waals surface area contributed by atoms with Crippen LogP contribution in [0.2, 0.25) is 10.0 Å². The molecule has 0 aliphatic heterocycles. The third-order valence-corrected chi connectivity index (χ3v) is 12.7. The smallest absolute Gasteiger partial charge is 0.320 e. The number of fused-ring (bicyclic) bond motifs is 2. The van der Waals surface area contributed by atoms with Gasteiger partial charge in [-0.2, -0.15) is 10.2 Å². The second-order valence-electron chi connectivity index (χ2n) is 16.9. The molecule has 0 amide bonds. The molecule has 20 heteroatoms. The summed E-state index contributed by atoms with van der Waals surface area (Å²) in [5.74, 6) is -0.594. The van der Waals surface area contributed by atoms with Gasteiger partial charge in [-0.25, -0.2) is 19.0 Å². The fourth-order valence-electron chi connectivity index (χ4n) is 8.05. The van der Waals surface area contributed by atoms with Gasteiger partial charge in [-0.3, -0.25) is 9.59 Å². The number of carboxylic acid groups (broad SMARTS) is 2. The Kier molecular flexibility index (Phi) is 16.8. The number of aliphatic carboxylic acids is 2. The van der Waals surface area contributed by atoms with E-state index in [1.807, 2.05) is 86.9 Å². The number of nitrogens with zero attached hydrogens (tertiary/aromatic N) is 6. The maximum absolute atomic E-state index is 11.9. The average molecular weight is 1020 g/mol. The van der Waals surface area contributed by atoms with Crippen molar-refractivity contribution in [3.63, 3.8) is 0 Å². The predicted molar refractivity (Wildman–Crippen MR) is 267 cm³/mol. The maximum Gasteiger partial charge on any atom is 0.320 e. The number of hydrogen-bond donors (Lipinski definition) is 6. The first-order valence-electron chi connectivity index (χ1n) is 22.9. The quantitative estimate of drug-likeness (QED) is 0.0325. The summed E-state index contributed by atoms with van der Waals surface area (Å²) in [7, 11) is 0. The SMILES string of the molecule is Cc1c(COc2cc(OCc3ccc4ncnn4c3)c(CNC(CCO)C(=O)O)cc2Cl)cccc1-c1cccc(COc2cc(OCc3ccc4ncnn4c3)c(CNC(CCO)C(=O)O)cc2Cl)c1C. The van der Waals surface area contributed by atoms with E-state index in [-0.39, 0.29) is 65.6 Å². The Morgan fingerprint density at radius 1 is 0.569 bits per heavy atom. The number of carboxylic acids is 2. The largest absolute Gasteiger partial charge is 0.488 e. The number of aromatic nitrogens is 6. The van der Waals surface area contributed by atoms with Gasteiger partial charge >= 0.3 is 11.9 Å². The van der Waals surface area contributed by atoms with Crippen molar-refractivity contribution in [1.82, 2.24) is 39.8 Å². The van der Waals surface area contributed by atoms with Crippen LogP contribution in [0.3, 0.4) is 0 Å². The number of nitrogens with one attached hydrogen (secondary N) is 2. The van der Waals surface area contributed by atoms with Gasteiger partial charge in [0.15, 0.2) is 11.3 Å². The lowest BCUT2D eigenvalue weighted by Crippen LogP contribution is -2.37. The molecule has 72 heavy (non-hydrogen) atoms. The Morgan fingerprint density at radius 3 is 1.39 bits per heavy atom. The third-order valence-electron chi connectivity index (χ3n) is 12.1. The summed E-state index contributed by atoms with van der Waals surface area (Å²) in [5, 5.41) is 53.2. The van der Waals surface area contributed by atoms with Crippen LogP contribution in [0, 0.1) is 13.8 Å². The van der Waals surface area contributed by atoms with Crippen LogP contribution in [0.15, 0.2) is 110 Å². The van der Waals surface area contributed by atoms with Crippen LogP contribution < -0.4 is 29.6 Å². The second kappa shape index (κ2) is 23.7. The van der Waals surface area contributed by atoms with Gasteiger partial charge in [0.05, 0.1) is 10.0 Å². The van der Waals surface area contributed by atoms with Crippen LogP contribution in [0.25, 0.3) is 22.4 Å². The molecule has 8 aromatic rings. The lowest BCUT2D eigenvalue weighted by molar-refractivity contribution is -0.140. The van der Waals surface area contributed by atoms with Crippen molar-refractivity contribution >= 4 is 46.4 Å². The minimum Gasteiger partial charge on any atom is -0.488 e. The van der Waals surface area contributed by atoms with Gasteiger partial charge in [-0.15, -0.1) is 0 Å². The molecule has 0 fully saturated rings. The summed E-state index contributed by atoms with van der Waals surface area (Å²) < 4.78 is 28.7. The van der Waals surface area contributed by atoms with Gasteiger partial charge in [0, 0.05) is 73.1 Å². The number of carbonyl (C=O) groups is 2. The minimum atomic E-state index is -1.09. The number of aliphatic hydroxyl groups excluding tert-OH is 2. The molecule has 374 valence electrons. The van der Waals surface area contributed by atoms with Crippen molar-refractivity contribution in [3.05, 3.63) is 165 Å². The molecule has 0 aliphatic carbocycles. The molecule has 0 spiro atoms. The van der Waals surface area contributed by atoms with Gasteiger partial charge in [0.1, 0.15) is 74.2 Å². The van der Waals surface area contributed by atoms with Crippen molar-refractivity contribution in [2.45, 2.75) is 78.3 Å². The van der Waals surface area contributed by atoms with E-state index < -0.39 is 24.0 Å². The summed E-state index contributed by atoms with van der Waals surface area (Å²) in [6.45, 7) is 4.31. The van der Waals surface area contributed by atoms with E-state index >= 15 is 0 Å². The predicted octanol–water partition coefficient (Wildman–Crippen LogP) is 7.53. The van der Waals surface area contributed by atoms with Crippen molar-refractivity contribution in [2.75, 3.05) is 13.2 Å².